The smallest absolute Gasteiger partial charge is 0.238 e. The second kappa shape index (κ2) is 5.81. The van der Waals surface area contributed by atoms with Crippen LogP contribution in [-0.2, 0) is 9.59 Å². The molecule has 0 bridgehead atoms. The molecule has 3 N–H and O–H groups in total. The number of hydrogen-bond donors (Lipinski definition) is 2. The summed E-state index contributed by atoms with van der Waals surface area (Å²) >= 11 is 0. The summed E-state index contributed by atoms with van der Waals surface area (Å²) in [5.74, 6) is 4.82. The maximum atomic E-state index is 11.8. The molecule has 6 heteroatoms. The van der Waals surface area contributed by atoms with Crippen molar-refractivity contribution in [1.82, 2.24) is 15.2 Å². The monoisotopic (exact) mass is 228 g/mol. The van der Waals surface area contributed by atoms with Gasteiger partial charge in [0.1, 0.15) is 0 Å². The van der Waals surface area contributed by atoms with Crippen LogP contribution in [0.1, 0.15) is 12.8 Å². The molecule has 0 spiro atoms. The number of nitrogens with one attached hydrogen (secondary N) is 1. The summed E-state index contributed by atoms with van der Waals surface area (Å²) in [5.41, 5.74) is 2.15. The standard InChI is InChI=1S/C10H20N4O2/c1-13(2)7-9(15)14-5-3-4-8(6-14)10(16)12-11/h8H,3-7,11H2,1-2H3,(H,12,16). The van der Waals surface area contributed by atoms with Crippen LogP contribution in [0.15, 0.2) is 0 Å². The number of carbonyl (C=O) groups excluding carboxylic acids is 2. The van der Waals surface area contributed by atoms with E-state index in [0.717, 1.165) is 19.4 Å². The van der Waals surface area contributed by atoms with Crippen molar-refractivity contribution in [3.8, 4) is 0 Å². The van der Waals surface area contributed by atoms with E-state index in [1.54, 1.807) is 4.90 Å². The van der Waals surface area contributed by atoms with Crippen LogP contribution in [0.2, 0.25) is 0 Å². The Morgan fingerprint density at radius 3 is 2.75 bits per heavy atom. The van der Waals surface area contributed by atoms with Crippen molar-refractivity contribution in [2.75, 3.05) is 33.7 Å². The molecule has 0 radical (unpaired) electrons. The lowest BCUT2D eigenvalue weighted by atomic mass is 9.97. The molecule has 0 aromatic carbocycles. The molecule has 92 valence electrons. The lowest BCUT2D eigenvalue weighted by Crippen LogP contribution is -2.48. The van der Waals surface area contributed by atoms with Crippen LogP contribution >= 0.6 is 0 Å². The molecule has 6 nitrogen and oxygen atoms in total. The van der Waals surface area contributed by atoms with Crippen LogP contribution in [0.25, 0.3) is 0 Å². The van der Waals surface area contributed by atoms with E-state index in [-0.39, 0.29) is 17.7 Å². The third-order valence-corrected chi connectivity index (χ3v) is 2.74. The zero-order valence-electron chi connectivity index (χ0n) is 9.90. The van der Waals surface area contributed by atoms with Crippen LogP contribution in [0.4, 0.5) is 0 Å². The fraction of sp³-hybridized carbons (Fsp3) is 0.800. The normalized spacial score (nSPS) is 21.0. The number of carbonyl (C=O) groups is 2. The van der Waals surface area contributed by atoms with Gasteiger partial charge >= 0.3 is 0 Å². The minimum atomic E-state index is -0.178. The molecule has 0 saturated carbocycles. The summed E-state index contributed by atoms with van der Waals surface area (Å²) in [5, 5.41) is 0. The number of hydrogen-bond acceptors (Lipinski definition) is 4. The Labute approximate surface area is 95.7 Å². The molecule has 1 atom stereocenters. The van der Waals surface area contributed by atoms with Gasteiger partial charge in [-0.15, -0.1) is 0 Å². The van der Waals surface area contributed by atoms with Gasteiger partial charge in [-0.3, -0.25) is 15.0 Å². The van der Waals surface area contributed by atoms with Gasteiger partial charge in [-0.2, -0.15) is 0 Å². The molecule has 1 saturated heterocycles. The van der Waals surface area contributed by atoms with Gasteiger partial charge in [-0.1, -0.05) is 0 Å². The van der Waals surface area contributed by atoms with Gasteiger partial charge in [0, 0.05) is 13.1 Å². The van der Waals surface area contributed by atoms with E-state index in [9.17, 15) is 9.59 Å². The molecule has 1 heterocycles. The number of nitrogens with two attached hydrogens (primary N) is 1. The number of nitrogens with zero attached hydrogens (tertiary/aromatic N) is 2. The Morgan fingerprint density at radius 2 is 2.19 bits per heavy atom. The van der Waals surface area contributed by atoms with Crippen molar-refractivity contribution < 1.29 is 9.59 Å². The van der Waals surface area contributed by atoms with Crippen LogP contribution < -0.4 is 11.3 Å². The molecule has 1 unspecified atom stereocenters. The summed E-state index contributed by atoms with van der Waals surface area (Å²) in [4.78, 5) is 26.7. The zero-order chi connectivity index (χ0) is 12.1. The van der Waals surface area contributed by atoms with Crippen LogP contribution in [0.5, 0.6) is 0 Å². The Kier molecular flexibility index (Phi) is 4.70. The van der Waals surface area contributed by atoms with E-state index in [4.69, 9.17) is 5.84 Å². The highest BCUT2D eigenvalue weighted by Crippen LogP contribution is 2.16. The molecular formula is C10H20N4O2. The van der Waals surface area contributed by atoms with Gasteiger partial charge in [-0.25, -0.2) is 5.84 Å². The molecular weight excluding hydrogens is 208 g/mol. The van der Waals surface area contributed by atoms with Crippen LogP contribution in [0.3, 0.4) is 0 Å². The molecule has 0 aromatic heterocycles. The number of likely N-dealkylation sites (tertiary alicyclic amines) is 1. The lowest BCUT2D eigenvalue weighted by Gasteiger charge is -2.32. The third kappa shape index (κ3) is 3.46. The highest BCUT2D eigenvalue weighted by Gasteiger charge is 2.27. The van der Waals surface area contributed by atoms with E-state index >= 15 is 0 Å². The summed E-state index contributed by atoms with van der Waals surface area (Å²) in [6.07, 6.45) is 1.66. The van der Waals surface area contributed by atoms with Crippen LogP contribution in [-0.4, -0.2) is 55.3 Å². The SMILES string of the molecule is CN(C)CC(=O)N1CCCC(C(=O)NN)C1. The van der Waals surface area contributed by atoms with Gasteiger partial charge < -0.3 is 9.80 Å². The molecule has 0 aromatic rings. The fourth-order valence-electron chi connectivity index (χ4n) is 1.91. The third-order valence-electron chi connectivity index (χ3n) is 2.74. The molecule has 2 amide bonds. The Balaban J connectivity index is 2.50. The first-order valence-corrected chi connectivity index (χ1v) is 5.47. The molecule has 1 aliphatic heterocycles. The quantitative estimate of drug-likeness (QED) is 0.360. The Morgan fingerprint density at radius 1 is 1.50 bits per heavy atom. The van der Waals surface area contributed by atoms with Gasteiger partial charge in [0.05, 0.1) is 12.5 Å². The van der Waals surface area contributed by atoms with E-state index in [0.29, 0.717) is 13.1 Å². The number of amides is 2. The second-order valence-electron chi connectivity index (χ2n) is 4.43. The van der Waals surface area contributed by atoms with E-state index in [1.165, 1.54) is 0 Å². The van der Waals surface area contributed by atoms with Gasteiger partial charge in [-0.05, 0) is 26.9 Å². The summed E-state index contributed by atoms with van der Waals surface area (Å²) in [6, 6.07) is 0. The summed E-state index contributed by atoms with van der Waals surface area (Å²) in [7, 11) is 3.71. The molecule has 1 rings (SSSR count). The predicted molar refractivity (Wildman–Crippen MR) is 60.2 cm³/mol. The maximum absolute atomic E-state index is 11.8. The highest BCUT2D eigenvalue weighted by atomic mass is 16.2. The fourth-order valence-corrected chi connectivity index (χ4v) is 1.91. The van der Waals surface area contributed by atoms with Gasteiger partial charge in [0.2, 0.25) is 11.8 Å². The van der Waals surface area contributed by atoms with E-state index in [1.807, 2.05) is 19.0 Å². The van der Waals surface area contributed by atoms with Crippen molar-refractivity contribution in [3.63, 3.8) is 0 Å². The van der Waals surface area contributed by atoms with E-state index in [2.05, 4.69) is 5.43 Å². The highest BCUT2D eigenvalue weighted by molar-refractivity contribution is 5.81. The molecule has 0 aliphatic carbocycles. The first kappa shape index (κ1) is 12.9. The number of rotatable bonds is 3. The predicted octanol–water partition coefficient (Wildman–Crippen LogP) is -1.22. The first-order valence-electron chi connectivity index (χ1n) is 5.47. The first-order chi connectivity index (χ1) is 7.54. The topological polar surface area (TPSA) is 78.7 Å². The zero-order valence-corrected chi connectivity index (χ0v) is 9.90. The summed E-state index contributed by atoms with van der Waals surface area (Å²) in [6.45, 7) is 1.60. The average molecular weight is 228 g/mol. The largest absolute Gasteiger partial charge is 0.341 e. The Hall–Kier alpha value is -1.14. The van der Waals surface area contributed by atoms with Gasteiger partial charge in [0.25, 0.3) is 0 Å². The van der Waals surface area contributed by atoms with Crippen molar-refractivity contribution in [2.45, 2.75) is 12.8 Å². The average Bonchev–Trinajstić information content (AvgIpc) is 2.27. The molecule has 1 aliphatic rings. The molecule has 1 fully saturated rings. The summed E-state index contributed by atoms with van der Waals surface area (Å²) < 4.78 is 0. The number of piperidine rings is 1. The number of hydrazine groups is 1. The van der Waals surface area contributed by atoms with Crippen molar-refractivity contribution in [3.05, 3.63) is 0 Å². The van der Waals surface area contributed by atoms with Crippen molar-refractivity contribution in [2.24, 2.45) is 11.8 Å². The van der Waals surface area contributed by atoms with Crippen LogP contribution in [0, 0.1) is 5.92 Å². The Bertz CT molecular complexity index is 268. The van der Waals surface area contributed by atoms with E-state index < -0.39 is 0 Å². The second-order valence-corrected chi connectivity index (χ2v) is 4.43. The van der Waals surface area contributed by atoms with Crippen molar-refractivity contribution in [1.29, 1.82) is 0 Å². The molecule has 16 heavy (non-hydrogen) atoms. The lowest BCUT2D eigenvalue weighted by molar-refractivity contribution is -0.136. The maximum Gasteiger partial charge on any atom is 0.238 e. The minimum Gasteiger partial charge on any atom is -0.341 e. The number of likely N-dealkylation sites (N-methyl/N-ethyl adjacent to an activating group) is 1. The van der Waals surface area contributed by atoms with Crippen molar-refractivity contribution >= 4 is 11.8 Å². The minimum absolute atomic E-state index is 0.0690. The van der Waals surface area contributed by atoms with Gasteiger partial charge in [0.15, 0.2) is 0 Å².